The maximum atomic E-state index is 12.1. The number of likely N-dealkylation sites (N-methyl/N-ethyl adjacent to an activating group) is 1. The molecule has 6 nitrogen and oxygen atoms in total. The lowest BCUT2D eigenvalue weighted by molar-refractivity contribution is -0.137. The Morgan fingerprint density at radius 3 is 2.40 bits per heavy atom. The Morgan fingerprint density at radius 2 is 1.90 bits per heavy atom. The van der Waals surface area contributed by atoms with Gasteiger partial charge in [-0.05, 0) is 32.9 Å². The normalized spacial score (nSPS) is 11.8. The summed E-state index contributed by atoms with van der Waals surface area (Å²) in [5, 5.41) is 0. The van der Waals surface area contributed by atoms with E-state index in [2.05, 4.69) is 0 Å². The number of carbonyl (C=O) groups excluding carboxylic acids is 2. The summed E-state index contributed by atoms with van der Waals surface area (Å²) in [5.41, 5.74) is 11.6. The summed E-state index contributed by atoms with van der Waals surface area (Å²) in [6.07, 6.45) is -0.713. The van der Waals surface area contributed by atoms with E-state index in [1.54, 1.807) is 17.9 Å². The monoisotopic (exact) mass is 279 g/mol. The number of ether oxygens (including phenoxy) is 1. The third-order valence-electron chi connectivity index (χ3n) is 3.00. The van der Waals surface area contributed by atoms with Gasteiger partial charge in [0.2, 0.25) is 0 Å². The van der Waals surface area contributed by atoms with Gasteiger partial charge in [0.05, 0.1) is 5.56 Å². The summed E-state index contributed by atoms with van der Waals surface area (Å²) < 4.78 is 5.56. The van der Waals surface area contributed by atoms with Gasteiger partial charge in [0.25, 0.3) is 11.8 Å². The Morgan fingerprint density at radius 1 is 1.30 bits per heavy atom. The number of carbonyl (C=O) groups is 2. The molecule has 1 unspecified atom stereocenters. The molecule has 1 aromatic carbocycles. The average molecular weight is 279 g/mol. The molecule has 0 saturated carbocycles. The second kappa shape index (κ2) is 6.79. The molecule has 0 heterocycles. The SMILES string of the molecule is CCN(CC)C(=O)C(C)Oc1cc(N)ccc1C(N)=O. The van der Waals surface area contributed by atoms with Crippen LogP contribution in [-0.2, 0) is 4.79 Å². The molecular weight excluding hydrogens is 258 g/mol. The number of benzene rings is 1. The van der Waals surface area contributed by atoms with Crippen molar-refractivity contribution in [1.82, 2.24) is 4.90 Å². The fourth-order valence-corrected chi connectivity index (χ4v) is 1.87. The van der Waals surface area contributed by atoms with Crippen LogP contribution in [0.15, 0.2) is 18.2 Å². The number of amides is 2. The summed E-state index contributed by atoms with van der Waals surface area (Å²) >= 11 is 0. The quantitative estimate of drug-likeness (QED) is 0.759. The third-order valence-corrected chi connectivity index (χ3v) is 3.00. The molecule has 2 amide bonds. The summed E-state index contributed by atoms with van der Waals surface area (Å²) in [6.45, 7) is 6.62. The number of nitrogens with two attached hydrogens (primary N) is 2. The van der Waals surface area contributed by atoms with Gasteiger partial charge in [-0.3, -0.25) is 9.59 Å². The lowest BCUT2D eigenvalue weighted by Gasteiger charge is -2.24. The van der Waals surface area contributed by atoms with Crippen LogP contribution in [0, 0.1) is 0 Å². The third kappa shape index (κ3) is 3.63. The molecule has 1 atom stereocenters. The molecule has 110 valence electrons. The summed E-state index contributed by atoms with van der Waals surface area (Å²) in [5.74, 6) is -0.541. The number of hydrogen-bond donors (Lipinski definition) is 2. The van der Waals surface area contributed by atoms with E-state index < -0.39 is 12.0 Å². The molecule has 20 heavy (non-hydrogen) atoms. The molecule has 0 radical (unpaired) electrons. The highest BCUT2D eigenvalue weighted by atomic mass is 16.5. The van der Waals surface area contributed by atoms with Gasteiger partial charge in [-0.1, -0.05) is 0 Å². The Labute approximate surface area is 118 Å². The van der Waals surface area contributed by atoms with Gasteiger partial charge >= 0.3 is 0 Å². The van der Waals surface area contributed by atoms with Gasteiger partial charge in [0, 0.05) is 24.8 Å². The van der Waals surface area contributed by atoms with E-state index >= 15 is 0 Å². The van der Waals surface area contributed by atoms with Crippen LogP contribution in [0.1, 0.15) is 31.1 Å². The van der Waals surface area contributed by atoms with E-state index in [-0.39, 0.29) is 17.2 Å². The zero-order valence-electron chi connectivity index (χ0n) is 12.1. The van der Waals surface area contributed by atoms with E-state index in [0.717, 1.165) is 0 Å². The van der Waals surface area contributed by atoms with Crippen molar-refractivity contribution in [1.29, 1.82) is 0 Å². The minimum atomic E-state index is -0.713. The molecule has 4 N–H and O–H groups in total. The predicted molar refractivity (Wildman–Crippen MR) is 77.4 cm³/mol. The predicted octanol–water partition coefficient (Wildman–Crippen LogP) is 1.00. The summed E-state index contributed by atoms with van der Waals surface area (Å²) in [7, 11) is 0. The summed E-state index contributed by atoms with van der Waals surface area (Å²) in [4.78, 5) is 25.1. The van der Waals surface area contributed by atoms with Gasteiger partial charge in [-0.15, -0.1) is 0 Å². The van der Waals surface area contributed by atoms with Crippen molar-refractivity contribution in [2.45, 2.75) is 26.9 Å². The number of nitrogens with zero attached hydrogens (tertiary/aromatic N) is 1. The van der Waals surface area contributed by atoms with Crippen molar-refractivity contribution in [2.75, 3.05) is 18.8 Å². The van der Waals surface area contributed by atoms with Crippen molar-refractivity contribution in [3.63, 3.8) is 0 Å². The molecule has 0 aliphatic heterocycles. The second-order valence-corrected chi connectivity index (χ2v) is 4.39. The van der Waals surface area contributed by atoms with Gasteiger partial charge in [-0.2, -0.15) is 0 Å². The number of primary amides is 1. The number of nitrogen functional groups attached to an aromatic ring is 1. The van der Waals surface area contributed by atoms with Crippen LogP contribution < -0.4 is 16.2 Å². The molecule has 0 aliphatic carbocycles. The zero-order valence-corrected chi connectivity index (χ0v) is 12.1. The van der Waals surface area contributed by atoms with Gasteiger partial charge in [0.1, 0.15) is 5.75 Å². The van der Waals surface area contributed by atoms with Crippen molar-refractivity contribution < 1.29 is 14.3 Å². The van der Waals surface area contributed by atoms with Crippen molar-refractivity contribution >= 4 is 17.5 Å². The zero-order chi connectivity index (χ0) is 15.3. The molecule has 6 heteroatoms. The smallest absolute Gasteiger partial charge is 0.263 e. The highest BCUT2D eigenvalue weighted by molar-refractivity contribution is 5.96. The average Bonchev–Trinajstić information content (AvgIpc) is 2.39. The van der Waals surface area contributed by atoms with Crippen molar-refractivity contribution in [2.24, 2.45) is 5.73 Å². The fourth-order valence-electron chi connectivity index (χ4n) is 1.87. The van der Waals surface area contributed by atoms with Gasteiger partial charge < -0.3 is 21.1 Å². The van der Waals surface area contributed by atoms with E-state index in [0.29, 0.717) is 18.8 Å². The molecule has 0 spiro atoms. The van der Waals surface area contributed by atoms with E-state index in [4.69, 9.17) is 16.2 Å². The Bertz CT molecular complexity index is 498. The highest BCUT2D eigenvalue weighted by Crippen LogP contribution is 2.23. The van der Waals surface area contributed by atoms with E-state index in [1.807, 2.05) is 13.8 Å². The van der Waals surface area contributed by atoms with Crippen LogP contribution >= 0.6 is 0 Å². The fraction of sp³-hybridized carbons (Fsp3) is 0.429. The van der Waals surface area contributed by atoms with Crippen molar-refractivity contribution in [3.8, 4) is 5.75 Å². The lowest BCUT2D eigenvalue weighted by atomic mass is 10.1. The maximum Gasteiger partial charge on any atom is 0.263 e. The molecule has 0 aromatic heterocycles. The Kier molecular flexibility index (Phi) is 5.37. The topological polar surface area (TPSA) is 98.7 Å². The molecule has 1 rings (SSSR count). The van der Waals surface area contributed by atoms with Crippen LogP contribution in [0.2, 0.25) is 0 Å². The highest BCUT2D eigenvalue weighted by Gasteiger charge is 2.21. The molecule has 0 fully saturated rings. The summed E-state index contributed by atoms with van der Waals surface area (Å²) in [6, 6.07) is 4.54. The van der Waals surface area contributed by atoms with Crippen LogP contribution in [-0.4, -0.2) is 35.9 Å². The molecule has 0 saturated heterocycles. The van der Waals surface area contributed by atoms with Gasteiger partial charge in [0.15, 0.2) is 6.10 Å². The largest absolute Gasteiger partial charge is 0.480 e. The minimum absolute atomic E-state index is 0.146. The maximum absolute atomic E-state index is 12.1. The van der Waals surface area contributed by atoms with Crippen LogP contribution in [0.25, 0.3) is 0 Å². The minimum Gasteiger partial charge on any atom is -0.480 e. The standard InChI is InChI=1S/C14H21N3O3/c1-4-17(5-2)14(19)9(3)20-12-8-10(15)6-7-11(12)13(16)18/h6-9H,4-5,15H2,1-3H3,(H2,16,18). The van der Waals surface area contributed by atoms with Crippen LogP contribution in [0.5, 0.6) is 5.75 Å². The molecule has 1 aromatic rings. The molecule has 0 bridgehead atoms. The van der Waals surface area contributed by atoms with E-state index in [9.17, 15) is 9.59 Å². The Balaban J connectivity index is 2.95. The van der Waals surface area contributed by atoms with Crippen LogP contribution in [0.4, 0.5) is 5.69 Å². The second-order valence-electron chi connectivity index (χ2n) is 4.39. The first-order chi connectivity index (χ1) is 9.40. The Hall–Kier alpha value is -2.24. The lowest BCUT2D eigenvalue weighted by Crippen LogP contribution is -2.40. The first-order valence-corrected chi connectivity index (χ1v) is 6.55. The van der Waals surface area contributed by atoms with Crippen LogP contribution in [0.3, 0.4) is 0 Å². The van der Waals surface area contributed by atoms with E-state index in [1.165, 1.54) is 12.1 Å². The first kappa shape index (κ1) is 15.8. The number of anilines is 1. The van der Waals surface area contributed by atoms with Crippen molar-refractivity contribution in [3.05, 3.63) is 23.8 Å². The van der Waals surface area contributed by atoms with Gasteiger partial charge in [-0.25, -0.2) is 0 Å². The molecule has 0 aliphatic rings. The number of hydrogen-bond acceptors (Lipinski definition) is 4. The first-order valence-electron chi connectivity index (χ1n) is 6.55. The number of rotatable bonds is 6. The molecular formula is C14H21N3O3.